The highest BCUT2D eigenvalue weighted by atomic mass is 16.1. The molecule has 0 unspecified atom stereocenters. The van der Waals surface area contributed by atoms with E-state index in [1.807, 2.05) is 61.5 Å². The largest absolute Gasteiger partial charge is 0.309 e. The number of rotatable bonds is 7. The highest BCUT2D eigenvalue weighted by Crippen LogP contribution is 2.29. The summed E-state index contributed by atoms with van der Waals surface area (Å²) in [5, 5.41) is 3.03. The van der Waals surface area contributed by atoms with Crippen LogP contribution in [-0.4, -0.2) is 15.9 Å². The lowest BCUT2D eigenvalue weighted by Gasteiger charge is -2.21. The summed E-state index contributed by atoms with van der Waals surface area (Å²) >= 11 is 0. The second-order valence-electron chi connectivity index (χ2n) is 8.67. The quantitative estimate of drug-likeness (QED) is 0.506. The molecule has 0 radical (unpaired) electrons. The Morgan fingerprint density at radius 1 is 1.00 bits per heavy atom. The Kier molecular flexibility index (Phi) is 7.08. The number of hydrogen-bond donors (Lipinski definition) is 1. The molecule has 4 rings (SSSR count). The van der Waals surface area contributed by atoms with Gasteiger partial charge in [-0.3, -0.25) is 4.79 Å². The molecule has 0 saturated heterocycles. The van der Waals surface area contributed by atoms with Crippen LogP contribution in [0.25, 0.3) is 11.3 Å². The average molecular weight is 414 g/mol. The van der Waals surface area contributed by atoms with Crippen LogP contribution < -0.4 is 5.32 Å². The van der Waals surface area contributed by atoms with Gasteiger partial charge in [-0.25, -0.2) is 9.97 Å². The Hall–Kier alpha value is -3.01. The number of carbonyl (C=O) groups excluding carboxylic acids is 1. The molecule has 1 aliphatic rings. The molecule has 1 aliphatic carbocycles. The highest BCUT2D eigenvalue weighted by molar-refractivity contribution is 5.92. The lowest BCUT2D eigenvalue weighted by atomic mass is 9.86. The maximum Gasteiger partial charge on any atom is 0.229 e. The summed E-state index contributed by atoms with van der Waals surface area (Å²) in [6.07, 6.45) is 10.7. The zero-order chi connectivity index (χ0) is 21.5. The number of aromatic nitrogens is 2. The van der Waals surface area contributed by atoms with Gasteiger partial charge in [0.2, 0.25) is 5.91 Å². The average Bonchev–Trinajstić information content (AvgIpc) is 2.81. The Balaban J connectivity index is 1.51. The number of aryl methyl sites for hydroxylation is 2. The van der Waals surface area contributed by atoms with Crippen molar-refractivity contribution in [1.29, 1.82) is 0 Å². The van der Waals surface area contributed by atoms with E-state index in [0.717, 1.165) is 41.3 Å². The molecule has 1 amide bonds. The van der Waals surface area contributed by atoms with Gasteiger partial charge in [-0.15, -0.1) is 0 Å². The van der Waals surface area contributed by atoms with Crippen LogP contribution in [0.1, 0.15) is 55.3 Å². The SMILES string of the molecule is Cc1ccc(CC(=O)Nc2ncc(-c3ccccc3)nc2CCC2CCCCC2)cc1. The minimum atomic E-state index is -0.0514. The maximum atomic E-state index is 12.7. The predicted octanol–water partition coefficient (Wildman–Crippen LogP) is 6.15. The van der Waals surface area contributed by atoms with E-state index in [4.69, 9.17) is 4.98 Å². The molecule has 0 bridgehead atoms. The molecule has 160 valence electrons. The first-order chi connectivity index (χ1) is 15.2. The fourth-order valence-corrected chi connectivity index (χ4v) is 4.34. The van der Waals surface area contributed by atoms with Crippen LogP contribution in [-0.2, 0) is 17.6 Å². The van der Waals surface area contributed by atoms with Crippen LogP contribution in [0.5, 0.6) is 0 Å². The summed E-state index contributed by atoms with van der Waals surface area (Å²) in [5.74, 6) is 1.31. The fourth-order valence-electron chi connectivity index (χ4n) is 4.34. The standard InChI is InChI=1S/C27H31N3O/c1-20-12-14-22(15-13-20)18-26(31)30-27-24(17-16-21-8-4-2-5-9-21)29-25(19-28-27)23-10-6-3-7-11-23/h3,6-7,10-15,19,21H,2,4-5,8-9,16-18H2,1H3,(H,28,30,31). The first kappa shape index (κ1) is 21.2. The second kappa shape index (κ2) is 10.3. The molecule has 1 saturated carbocycles. The van der Waals surface area contributed by atoms with E-state index in [0.29, 0.717) is 12.2 Å². The van der Waals surface area contributed by atoms with E-state index in [1.54, 1.807) is 6.20 Å². The van der Waals surface area contributed by atoms with E-state index in [9.17, 15) is 4.79 Å². The number of anilines is 1. The highest BCUT2D eigenvalue weighted by Gasteiger charge is 2.17. The summed E-state index contributed by atoms with van der Waals surface area (Å²) < 4.78 is 0. The maximum absolute atomic E-state index is 12.7. The van der Waals surface area contributed by atoms with E-state index >= 15 is 0 Å². The number of hydrogen-bond acceptors (Lipinski definition) is 3. The number of benzene rings is 2. The minimum absolute atomic E-state index is 0.0514. The monoisotopic (exact) mass is 413 g/mol. The lowest BCUT2D eigenvalue weighted by Crippen LogP contribution is -2.18. The van der Waals surface area contributed by atoms with Crippen molar-refractivity contribution in [2.45, 2.75) is 58.3 Å². The van der Waals surface area contributed by atoms with Gasteiger partial charge in [-0.2, -0.15) is 0 Å². The zero-order valence-corrected chi connectivity index (χ0v) is 18.3. The van der Waals surface area contributed by atoms with Crippen molar-refractivity contribution < 1.29 is 4.79 Å². The van der Waals surface area contributed by atoms with Gasteiger partial charge in [0, 0.05) is 5.56 Å². The van der Waals surface area contributed by atoms with E-state index in [-0.39, 0.29) is 5.91 Å². The van der Waals surface area contributed by atoms with E-state index in [2.05, 4.69) is 10.3 Å². The van der Waals surface area contributed by atoms with Crippen LogP contribution >= 0.6 is 0 Å². The molecule has 0 spiro atoms. The van der Waals surface area contributed by atoms with Crippen LogP contribution in [0.4, 0.5) is 5.82 Å². The predicted molar refractivity (Wildman–Crippen MR) is 126 cm³/mol. The molecular formula is C27H31N3O. The fraction of sp³-hybridized carbons (Fsp3) is 0.370. The number of carbonyl (C=O) groups is 1. The van der Waals surface area contributed by atoms with E-state index < -0.39 is 0 Å². The Bertz CT molecular complexity index is 993. The molecule has 2 aromatic carbocycles. The molecule has 1 heterocycles. The van der Waals surface area contributed by atoms with Gasteiger partial charge >= 0.3 is 0 Å². The molecule has 31 heavy (non-hydrogen) atoms. The Labute approximate surface area is 185 Å². The second-order valence-corrected chi connectivity index (χ2v) is 8.67. The van der Waals surface area contributed by atoms with Crippen molar-refractivity contribution >= 4 is 11.7 Å². The Morgan fingerprint density at radius 3 is 2.48 bits per heavy atom. The third-order valence-electron chi connectivity index (χ3n) is 6.17. The molecule has 1 fully saturated rings. The van der Waals surface area contributed by atoms with Gasteiger partial charge in [0.15, 0.2) is 5.82 Å². The van der Waals surface area contributed by atoms with E-state index in [1.165, 1.54) is 37.7 Å². The third kappa shape index (κ3) is 6.00. The summed E-state index contributed by atoms with van der Waals surface area (Å²) in [5.41, 5.74) is 4.99. The van der Waals surface area contributed by atoms with Gasteiger partial charge < -0.3 is 5.32 Å². The summed E-state index contributed by atoms with van der Waals surface area (Å²) in [6, 6.07) is 18.2. The minimum Gasteiger partial charge on any atom is -0.309 e. The topological polar surface area (TPSA) is 54.9 Å². The number of amides is 1. The molecule has 0 atom stereocenters. The van der Waals surface area contributed by atoms with Gasteiger partial charge in [0.1, 0.15) is 0 Å². The molecule has 1 aromatic heterocycles. The van der Waals surface area contributed by atoms with Crippen molar-refractivity contribution in [3.05, 3.63) is 77.6 Å². The zero-order valence-electron chi connectivity index (χ0n) is 18.3. The molecule has 4 nitrogen and oxygen atoms in total. The molecule has 4 heteroatoms. The third-order valence-corrected chi connectivity index (χ3v) is 6.17. The Morgan fingerprint density at radius 2 is 1.74 bits per heavy atom. The molecule has 0 aliphatic heterocycles. The van der Waals surface area contributed by atoms with Crippen LogP contribution in [0.2, 0.25) is 0 Å². The number of nitrogens with one attached hydrogen (secondary N) is 1. The summed E-state index contributed by atoms with van der Waals surface area (Å²) in [4.78, 5) is 22.2. The van der Waals surface area contributed by atoms with Crippen LogP contribution in [0.3, 0.4) is 0 Å². The van der Waals surface area contributed by atoms with Gasteiger partial charge in [-0.1, -0.05) is 92.3 Å². The van der Waals surface area contributed by atoms with Crippen molar-refractivity contribution in [3.63, 3.8) is 0 Å². The molecule has 1 N–H and O–H groups in total. The van der Waals surface area contributed by atoms with Crippen LogP contribution in [0.15, 0.2) is 60.8 Å². The van der Waals surface area contributed by atoms with Crippen molar-refractivity contribution in [2.24, 2.45) is 5.92 Å². The molecular weight excluding hydrogens is 382 g/mol. The first-order valence-corrected chi connectivity index (χ1v) is 11.4. The lowest BCUT2D eigenvalue weighted by molar-refractivity contribution is -0.115. The van der Waals surface area contributed by atoms with Crippen molar-refractivity contribution in [3.8, 4) is 11.3 Å². The van der Waals surface area contributed by atoms with Crippen LogP contribution in [0, 0.1) is 12.8 Å². The van der Waals surface area contributed by atoms with Crippen molar-refractivity contribution in [1.82, 2.24) is 9.97 Å². The van der Waals surface area contributed by atoms with Crippen molar-refractivity contribution in [2.75, 3.05) is 5.32 Å². The normalized spacial score (nSPS) is 14.4. The molecule has 3 aromatic rings. The van der Waals surface area contributed by atoms with Gasteiger partial charge in [0.05, 0.1) is 24.0 Å². The summed E-state index contributed by atoms with van der Waals surface area (Å²) in [7, 11) is 0. The van der Waals surface area contributed by atoms with Gasteiger partial charge in [0.25, 0.3) is 0 Å². The first-order valence-electron chi connectivity index (χ1n) is 11.4. The van der Waals surface area contributed by atoms with Gasteiger partial charge in [-0.05, 0) is 31.2 Å². The number of nitrogens with zero attached hydrogens (tertiary/aromatic N) is 2. The summed E-state index contributed by atoms with van der Waals surface area (Å²) in [6.45, 7) is 2.05. The smallest absolute Gasteiger partial charge is 0.229 e.